The van der Waals surface area contributed by atoms with Gasteiger partial charge in [-0.1, -0.05) is 44.2 Å². The minimum Gasteiger partial charge on any atom is -0.476 e. The van der Waals surface area contributed by atoms with Crippen LogP contribution >= 0.6 is 0 Å². The molecule has 37 heavy (non-hydrogen) atoms. The highest BCUT2D eigenvalue weighted by atomic mass is 16.6. The van der Waals surface area contributed by atoms with Crippen molar-refractivity contribution in [2.45, 2.75) is 85.0 Å². The lowest BCUT2D eigenvalue weighted by Crippen LogP contribution is -2.44. The van der Waals surface area contributed by atoms with Crippen molar-refractivity contribution in [3.63, 3.8) is 0 Å². The lowest BCUT2D eigenvalue weighted by molar-refractivity contribution is -0.170. The molecule has 0 N–H and O–H groups in total. The molecular formula is C31H44N2O4. The van der Waals surface area contributed by atoms with E-state index < -0.39 is 17.2 Å². The molecule has 6 heteroatoms. The third-order valence-electron chi connectivity index (χ3n) is 6.66. The van der Waals surface area contributed by atoms with E-state index in [1.807, 2.05) is 57.0 Å². The van der Waals surface area contributed by atoms with Crippen LogP contribution in [0.1, 0.15) is 78.4 Å². The summed E-state index contributed by atoms with van der Waals surface area (Å²) in [5.74, 6) is 0.807. The van der Waals surface area contributed by atoms with E-state index in [2.05, 4.69) is 43.0 Å². The van der Waals surface area contributed by atoms with Gasteiger partial charge in [0.2, 0.25) is 5.91 Å². The summed E-state index contributed by atoms with van der Waals surface area (Å²) in [5.41, 5.74) is 1.73. The van der Waals surface area contributed by atoms with Gasteiger partial charge in [-0.2, -0.15) is 0 Å². The van der Waals surface area contributed by atoms with Gasteiger partial charge in [0.05, 0.1) is 5.92 Å². The van der Waals surface area contributed by atoms with Crippen molar-refractivity contribution in [3.05, 3.63) is 59.7 Å². The van der Waals surface area contributed by atoms with Crippen molar-refractivity contribution in [2.75, 3.05) is 25.0 Å². The highest BCUT2D eigenvalue weighted by Gasteiger charge is 2.35. The van der Waals surface area contributed by atoms with Crippen molar-refractivity contribution in [2.24, 2.45) is 5.92 Å². The molecule has 0 aromatic heterocycles. The van der Waals surface area contributed by atoms with E-state index in [0.717, 1.165) is 30.6 Å². The largest absolute Gasteiger partial charge is 0.476 e. The Morgan fingerprint density at radius 1 is 1.05 bits per heavy atom. The normalized spacial score (nSPS) is 16.5. The first-order valence-electron chi connectivity index (χ1n) is 13.4. The lowest BCUT2D eigenvalue weighted by Gasteiger charge is -2.36. The maximum Gasteiger partial charge on any atom is 0.350 e. The van der Waals surface area contributed by atoms with E-state index in [0.29, 0.717) is 24.8 Å². The fourth-order valence-corrected chi connectivity index (χ4v) is 4.57. The molecule has 1 unspecified atom stereocenters. The van der Waals surface area contributed by atoms with E-state index in [-0.39, 0.29) is 11.8 Å². The number of hydrogen-bond acceptors (Lipinski definition) is 5. The Hall–Kier alpha value is -3.02. The number of ether oxygens (including phenoxy) is 2. The van der Waals surface area contributed by atoms with Crippen LogP contribution in [0.15, 0.2) is 48.5 Å². The van der Waals surface area contributed by atoms with Gasteiger partial charge < -0.3 is 19.3 Å². The Labute approximate surface area is 222 Å². The topological polar surface area (TPSA) is 59.1 Å². The van der Waals surface area contributed by atoms with Crippen LogP contribution < -0.4 is 9.64 Å². The quantitative estimate of drug-likeness (QED) is 0.398. The van der Waals surface area contributed by atoms with E-state index >= 15 is 0 Å². The summed E-state index contributed by atoms with van der Waals surface area (Å²) < 4.78 is 11.6. The average Bonchev–Trinajstić information content (AvgIpc) is 2.83. The van der Waals surface area contributed by atoms with Crippen LogP contribution in [0.25, 0.3) is 0 Å². The number of nitrogens with zero attached hydrogens (tertiary/aromatic N) is 2. The summed E-state index contributed by atoms with van der Waals surface area (Å²) in [7, 11) is 1.89. The number of rotatable bonds is 8. The van der Waals surface area contributed by atoms with Gasteiger partial charge in [0.25, 0.3) is 0 Å². The van der Waals surface area contributed by atoms with Crippen molar-refractivity contribution in [1.29, 1.82) is 0 Å². The maximum absolute atomic E-state index is 13.3. The summed E-state index contributed by atoms with van der Waals surface area (Å²) in [6.07, 6.45) is 1.83. The molecule has 202 valence electrons. The third-order valence-corrected chi connectivity index (χ3v) is 6.66. The SMILES string of the molecule is CC(C)c1ccc(CN(C)C(=O)C2CCCN(c3cccc(OC(C)(C)C(=O)OC(C)(C)C)c3)C2)cc1. The molecular weight excluding hydrogens is 464 g/mol. The zero-order chi connectivity index (χ0) is 27.4. The third kappa shape index (κ3) is 7.98. The first-order valence-corrected chi connectivity index (χ1v) is 13.4. The number of amides is 1. The van der Waals surface area contributed by atoms with Crippen LogP contribution in [0.2, 0.25) is 0 Å². The predicted molar refractivity (Wildman–Crippen MR) is 149 cm³/mol. The number of piperidine rings is 1. The van der Waals surface area contributed by atoms with Crippen LogP contribution in [-0.4, -0.2) is 48.1 Å². The Morgan fingerprint density at radius 3 is 2.35 bits per heavy atom. The van der Waals surface area contributed by atoms with Gasteiger partial charge >= 0.3 is 5.97 Å². The Bertz CT molecular complexity index is 1070. The van der Waals surface area contributed by atoms with E-state index in [9.17, 15) is 9.59 Å². The molecule has 2 aromatic carbocycles. The minimum absolute atomic E-state index is 0.0588. The van der Waals surface area contributed by atoms with Crippen LogP contribution in [0.4, 0.5) is 5.69 Å². The van der Waals surface area contributed by atoms with Crippen molar-refractivity contribution in [1.82, 2.24) is 4.90 Å². The van der Waals surface area contributed by atoms with E-state index in [1.165, 1.54) is 5.56 Å². The maximum atomic E-state index is 13.3. The second-order valence-corrected chi connectivity index (χ2v) is 12.0. The Morgan fingerprint density at radius 2 is 1.73 bits per heavy atom. The van der Waals surface area contributed by atoms with Gasteiger partial charge in [-0.25, -0.2) is 4.79 Å². The average molecular weight is 509 g/mol. The van der Waals surface area contributed by atoms with Gasteiger partial charge in [0, 0.05) is 38.4 Å². The van der Waals surface area contributed by atoms with E-state index in [4.69, 9.17) is 9.47 Å². The summed E-state index contributed by atoms with van der Waals surface area (Å²) in [5, 5.41) is 0. The molecule has 1 atom stereocenters. The second-order valence-electron chi connectivity index (χ2n) is 12.0. The minimum atomic E-state index is -1.12. The predicted octanol–water partition coefficient (Wildman–Crippen LogP) is 6.18. The van der Waals surface area contributed by atoms with Crippen LogP contribution in [0.3, 0.4) is 0 Å². The fourth-order valence-electron chi connectivity index (χ4n) is 4.57. The second kappa shape index (κ2) is 11.6. The van der Waals surface area contributed by atoms with Gasteiger partial charge in [-0.05, 0) is 76.6 Å². The number of hydrogen-bond donors (Lipinski definition) is 0. The molecule has 2 aromatic rings. The van der Waals surface area contributed by atoms with Gasteiger partial charge in [0.15, 0.2) is 5.60 Å². The zero-order valence-electron chi connectivity index (χ0n) is 23.8. The Balaban J connectivity index is 1.64. The highest BCUT2D eigenvalue weighted by Crippen LogP contribution is 2.30. The highest BCUT2D eigenvalue weighted by molar-refractivity contribution is 5.80. The van der Waals surface area contributed by atoms with Crippen molar-refractivity contribution in [3.8, 4) is 5.75 Å². The van der Waals surface area contributed by atoms with Crippen LogP contribution in [0.5, 0.6) is 5.75 Å². The molecule has 1 aliphatic rings. The molecule has 1 fully saturated rings. The molecule has 1 saturated heterocycles. The molecule has 0 spiro atoms. The number of esters is 1. The molecule has 3 rings (SSSR count). The lowest BCUT2D eigenvalue weighted by atomic mass is 9.95. The summed E-state index contributed by atoms with van der Waals surface area (Å²) in [6.45, 7) is 15.5. The first-order chi connectivity index (χ1) is 17.2. The molecule has 1 heterocycles. The summed E-state index contributed by atoms with van der Waals surface area (Å²) in [4.78, 5) is 30.0. The number of anilines is 1. The smallest absolute Gasteiger partial charge is 0.350 e. The van der Waals surface area contributed by atoms with Gasteiger partial charge in [-0.15, -0.1) is 0 Å². The van der Waals surface area contributed by atoms with Gasteiger partial charge in [0.1, 0.15) is 11.4 Å². The van der Waals surface area contributed by atoms with Gasteiger partial charge in [-0.3, -0.25) is 4.79 Å². The molecule has 6 nitrogen and oxygen atoms in total. The molecule has 0 aliphatic carbocycles. The molecule has 1 aliphatic heterocycles. The van der Waals surface area contributed by atoms with Crippen LogP contribution in [0, 0.1) is 5.92 Å². The van der Waals surface area contributed by atoms with Crippen molar-refractivity contribution >= 4 is 17.6 Å². The summed E-state index contributed by atoms with van der Waals surface area (Å²) >= 11 is 0. The summed E-state index contributed by atoms with van der Waals surface area (Å²) in [6, 6.07) is 16.3. The molecule has 0 bridgehead atoms. The molecule has 1 amide bonds. The standard InChI is InChI=1S/C31H44N2O4/c1-22(2)24-16-14-23(15-17-24)20-32(8)28(34)25-11-10-18-33(21-25)26-12-9-13-27(19-26)36-31(6,7)29(35)37-30(3,4)5/h9,12-17,19,22,25H,10-11,18,20-21H2,1-8H3. The monoisotopic (exact) mass is 508 g/mol. The van der Waals surface area contributed by atoms with E-state index in [1.54, 1.807) is 13.8 Å². The first kappa shape index (κ1) is 28.5. The fraction of sp³-hybridized carbons (Fsp3) is 0.548. The van der Waals surface area contributed by atoms with Crippen molar-refractivity contribution < 1.29 is 19.1 Å². The van der Waals surface area contributed by atoms with Crippen LogP contribution in [-0.2, 0) is 20.9 Å². The number of carbonyl (C=O) groups excluding carboxylic acids is 2. The zero-order valence-corrected chi connectivity index (χ0v) is 23.8. The molecule has 0 radical (unpaired) electrons. The number of benzene rings is 2. The Kier molecular flexibility index (Phi) is 8.93. The number of carbonyl (C=O) groups is 2. The molecule has 0 saturated carbocycles.